The topological polar surface area (TPSA) is 0 Å². The van der Waals surface area contributed by atoms with Crippen LogP contribution < -0.4 is 0 Å². The van der Waals surface area contributed by atoms with E-state index in [0.29, 0.717) is 11.8 Å². The lowest BCUT2D eigenvalue weighted by Crippen LogP contribution is -2.13. The van der Waals surface area contributed by atoms with Gasteiger partial charge in [0.25, 0.3) is 0 Å². The van der Waals surface area contributed by atoms with Crippen LogP contribution in [0.25, 0.3) is 0 Å². The van der Waals surface area contributed by atoms with E-state index < -0.39 is 0 Å². The van der Waals surface area contributed by atoms with Crippen LogP contribution in [0.2, 0.25) is 0 Å². The minimum absolute atomic E-state index is 0.602. The molecule has 2 aromatic carbocycles. The van der Waals surface area contributed by atoms with Crippen LogP contribution in [0, 0.1) is 27.7 Å². The molecule has 0 heteroatoms. The van der Waals surface area contributed by atoms with Crippen LogP contribution in [0.15, 0.2) is 36.4 Å². The molecule has 0 radical (unpaired) electrons. The standard InChI is InChI=1S/C22H30/c1-7-19(21-13-9-11-15(3)17(21)5)20(8-2)22-14-10-12-16(4)18(22)6/h9-14,19-20H,7-8H2,1-6H3. The summed E-state index contributed by atoms with van der Waals surface area (Å²) in [4.78, 5) is 0. The van der Waals surface area contributed by atoms with Gasteiger partial charge >= 0.3 is 0 Å². The summed E-state index contributed by atoms with van der Waals surface area (Å²) >= 11 is 0. The first-order valence-electron chi connectivity index (χ1n) is 8.63. The Morgan fingerprint density at radius 1 is 0.636 bits per heavy atom. The van der Waals surface area contributed by atoms with Crippen molar-refractivity contribution in [2.45, 2.75) is 66.2 Å². The SMILES string of the molecule is CCC(c1cccc(C)c1C)C(CC)c1cccc(C)c1C. The molecule has 0 aliphatic heterocycles. The van der Waals surface area contributed by atoms with E-state index in [1.165, 1.54) is 46.2 Å². The van der Waals surface area contributed by atoms with Gasteiger partial charge in [-0.1, -0.05) is 50.2 Å². The summed E-state index contributed by atoms with van der Waals surface area (Å²) in [5.41, 5.74) is 8.83. The minimum atomic E-state index is 0.602. The van der Waals surface area contributed by atoms with E-state index in [2.05, 4.69) is 77.9 Å². The lowest BCUT2D eigenvalue weighted by molar-refractivity contribution is 0.506. The van der Waals surface area contributed by atoms with Gasteiger partial charge in [0.05, 0.1) is 0 Å². The number of benzene rings is 2. The third-order valence-corrected chi connectivity index (χ3v) is 5.46. The molecule has 0 bridgehead atoms. The molecule has 0 aliphatic carbocycles. The lowest BCUT2D eigenvalue weighted by Gasteiger charge is -2.29. The van der Waals surface area contributed by atoms with Gasteiger partial charge in [0.1, 0.15) is 0 Å². The van der Waals surface area contributed by atoms with Crippen molar-refractivity contribution in [3.8, 4) is 0 Å². The van der Waals surface area contributed by atoms with Crippen LogP contribution in [-0.2, 0) is 0 Å². The largest absolute Gasteiger partial charge is 0.0648 e. The fourth-order valence-electron chi connectivity index (χ4n) is 3.79. The van der Waals surface area contributed by atoms with Crippen LogP contribution in [0.4, 0.5) is 0 Å². The van der Waals surface area contributed by atoms with Gasteiger partial charge in [-0.05, 0) is 85.8 Å². The number of hydrogen-bond donors (Lipinski definition) is 0. The first-order valence-corrected chi connectivity index (χ1v) is 8.63. The van der Waals surface area contributed by atoms with Gasteiger partial charge in [0.15, 0.2) is 0 Å². The second kappa shape index (κ2) is 7.13. The zero-order valence-electron chi connectivity index (χ0n) is 15.0. The first kappa shape index (κ1) is 16.8. The first-order chi connectivity index (χ1) is 10.5. The van der Waals surface area contributed by atoms with Crippen molar-refractivity contribution in [2.75, 3.05) is 0 Å². The molecule has 0 fully saturated rings. The van der Waals surface area contributed by atoms with Crippen molar-refractivity contribution in [3.05, 3.63) is 69.8 Å². The van der Waals surface area contributed by atoms with Crippen LogP contribution in [0.3, 0.4) is 0 Å². The van der Waals surface area contributed by atoms with Gasteiger partial charge < -0.3 is 0 Å². The third kappa shape index (κ3) is 3.11. The molecule has 0 amide bonds. The molecule has 0 spiro atoms. The van der Waals surface area contributed by atoms with E-state index in [1.807, 2.05) is 0 Å². The Bertz CT molecular complexity index is 579. The molecule has 0 heterocycles. The molecule has 2 aromatic rings. The van der Waals surface area contributed by atoms with E-state index in [-0.39, 0.29) is 0 Å². The maximum atomic E-state index is 2.34. The van der Waals surface area contributed by atoms with Gasteiger partial charge in [0, 0.05) is 0 Å². The molecule has 22 heavy (non-hydrogen) atoms. The summed E-state index contributed by atoms with van der Waals surface area (Å²) in [6.07, 6.45) is 2.38. The second-order valence-corrected chi connectivity index (χ2v) is 6.61. The monoisotopic (exact) mass is 294 g/mol. The number of rotatable bonds is 5. The predicted octanol–water partition coefficient (Wildman–Crippen LogP) is 6.61. The normalized spacial score (nSPS) is 13.9. The van der Waals surface area contributed by atoms with Crippen molar-refractivity contribution in [3.63, 3.8) is 0 Å². The molecule has 2 rings (SSSR count). The molecule has 2 unspecified atom stereocenters. The Morgan fingerprint density at radius 2 is 1.00 bits per heavy atom. The van der Waals surface area contributed by atoms with Crippen LogP contribution in [0.1, 0.15) is 71.9 Å². The number of hydrogen-bond acceptors (Lipinski definition) is 0. The Labute approximate surface area is 136 Å². The molecule has 0 nitrogen and oxygen atoms in total. The van der Waals surface area contributed by atoms with Gasteiger partial charge in [-0.25, -0.2) is 0 Å². The van der Waals surface area contributed by atoms with Crippen LogP contribution in [-0.4, -0.2) is 0 Å². The van der Waals surface area contributed by atoms with Gasteiger partial charge in [-0.15, -0.1) is 0 Å². The Balaban J connectivity index is 2.52. The van der Waals surface area contributed by atoms with Crippen molar-refractivity contribution in [1.82, 2.24) is 0 Å². The fraction of sp³-hybridized carbons (Fsp3) is 0.455. The second-order valence-electron chi connectivity index (χ2n) is 6.61. The van der Waals surface area contributed by atoms with E-state index in [1.54, 1.807) is 0 Å². The average Bonchev–Trinajstić information content (AvgIpc) is 2.51. The summed E-state index contributed by atoms with van der Waals surface area (Å²) in [5.74, 6) is 1.20. The molecule has 0 aromatic heterocycles. The van der Waals surface area contributed by atoms with E-state index in [4.69, 9.17) is 0 Å². The molecular weight excluding hydrogens is 264 g/mol. The third-order valence-electron chi connectivity index (χ3n) is 5.46. The predicted molar refractivity (Wildman–Crippen MR) is 97.9 cm³/mol. The highest BCUT2D eigenvalue weighted by Gasteiger charge is 2.25. The highest BCUT2D eigenvalue weighted by Crippen LogP contribution is 2.41. The van der Waals surface area contributed by atoms with Crippen LogP contribution >= 0.6 is 0 Å². The van der Waals surface area contributed by atoms with E-state index >= 15 is 0 Å². The molecular formula is C22H30. The smallest absolute Gasteiger partial charge is 0.00930 e. The fourth-order valence-corrected chi connectivity index (χ4v) is 3.79. The Kier molecular flexibility index (Phi) is 5.45. The quantitative estimate of drug-likeness (QED) is 0.582. The van der Waals surface area contributed by atoms with Crippen LogP contribution in [0.5, 0.6) is 0 Å². The lowest BCUT2D eigenvalue weighted by atomic mass is 9.75. The van der Waals surface area contributed by atoms with E-state index in [9.17, 15) is 0 Å². The van der Waals surface area contributed by atoms with Crippen molar-refractivity contribution in [2.24, 2.45) is 0 Å². The van der Waals surface area contributed by atoms with E-state index in [0.717, 1.165) is 0 Å². The maximum Gasteiger partial charge on any atom is -0.00930 e. The zero-order chi connectivity index (χ0) is 16.3. The summed E-state index contributed by atoms with van der Waals surface area (Å²) in [6, 6.07) is 13.6. The average molecular weight is 294 g/mol. The zero-order valence-corrected chi connectivity index (χ0v) is 15.0. The molecule has 2 atom stereocenters. The summed E-state index contributed by atoms with van der Waals surface area (Å²) in [5, 5.41) is 0. The molecule has 0 N–H and O–H groups in total. The maximum absolute atomic E-state index is 2.34. The van der Waals surface area contributed by atoms with Crippen molar-refractivity contribution >= 4 is 0 Å². The van der Waals surface area contributed by atoms with Gasteiger partial charge in [-0.2, -0.15) is 0 Å². The Morgan fingerprint density at radius 3 is 1.32 bits per heavy atom. The number of aryl methyl sites for hydroxylation is 2. The molecule has 118 valence electrons. The molecule has 0 saturated heterocycles. The highest BCUT2D eigenvalue weighted by molar-refractivity contribution is 5.41. The summed E-state index contributed by atoms with van der Waals surface area (Å²) in [6.45, 7) is 13.7. The van der Waals surface area contributed by atoms with Gasteiger partial charge in [0.2, 0.25) is 0 Å². The Hall–Kier alpha value is -1.56. The van der Waals surface area contributed by atoms with Crippen molar-refractivity contribution in [1.29, 1.82) is 0 Å². The molecule has 0 aliphatic rings. The highest BCUT2D eigenvalue weighted by atomic mass is 14.3. The minimum Gasteiger partial charge on any atom is -0.0648 e. The summed E-state index contributed by atoms with van der Waals surface area (Å²) in [7, 11) is 0. The van der Waals surface area contributed by atoms with Gasteiger partial charge in [-0.3, -0.25) is 0 Å². The summed E-state index contributed by atoms with van der Waals surface area (Å²) < 4.78 is 0. The molecule has 0 saturated carbocycles. The van der Waals surface area contributed by atoms with Crippen molar-refractivity contribution < 1.29 is 0 Å².